The summed E-state index contributed by atoms with van der Waals surface area (Å²) in [6, 6.07) is 10.4. The van der Waals surface area contributed by atoms with E-state index < -0.39 is 42.3 Å². The minimum Gasteiger partial charge on any atom is -0.437 e. The first kappa shape index (κ1) is 24.2. The van der Waals surface area contributed by atoms with Gasteiger partial charge in [0.15, 0.2) is 16.6 Å². The van der Waals surface area contributed by atoms with Crippen LogP contribution in [-0.4, -0.2) is 42.3 Å². The molecular formula is C17H38O4Si5. The van der Waals surface area contributed by atoms with Gasteiger partial charge < -0.3 is 16.5 Å². The molecule has 9 heteroatoms. The van der Waals surface area contributed by atoms with E-state index in [-0.39, 0.29) is 0 Å². The Labute approximate surface area is 166 Å². The van der Waals surface area contributed by atoms with Gasteiger partial charge in [-0.2, -0.15) is 0 Å². The van der Waals surface area contributed by atoms with E-state index in [1.807, 2.05) is 6.07 Å². The highest BCUT2D eigenvalue weighted by molar-refractivity contribution is 6.95. The summed E-state index contributed by atoms with van der Waals surface area (Å²) >= 11 is 0. The summed E-state index contributed by atoms with van der Waals surface area (Å²) in [7, 11) is -10.7. The molecule has 0 saturated heterocycles. The Hall–Kier alpha value is 0.144. The van der Waals surface area contributed by atoms with Crippen molar-refractivity contribution < 1.29 is 16.5 Å². The second-order valence-electron chi connectivity index (χ2n) is 9.74. The van der Waals surface area contributed by atoms with Crippen molar-refractivity contribution in [3.05, 3.63) is 30.3 Å². The Balaban J connectivity index is 3.09. The van der Waals surface area contributed by atoms with Crippen molar-refractivity contribution in [2.45, 2.75) is 72.0 Å². The molecule has 0 amide bonds. The van der Waals surface area contributed by atoms with Crippen LogP contribution in [0.5, 0.6) is 0 Å². The predicted molar refractivity (Wildman–Crippen MR) is 124 cm³/mol. The summed E-state index contributed by atoms with van der Waals surface area (Å²) in [4.78, 5) is 0. The van der Waals surface area contributed by atoms with Gasteiger partial charge in [-0.15, -0.1) is 0 Å². The lowest BCUT2D eigenvalue weighted by atomic mass is 10.4. The zero-order valence-corrected chi connectivity index (χ0v) is 23.5. The molecule has 150 valence electrons. The van der Waals surface area contributed by atoms with Gasteiger partial charge in [0.05, 0.1) is 0 Å². The Kier molecular flexibility index (Phi) is 7.68. The first-order chi connectivity index (χ1) is 11.4. The lowest BCUT2D eigenvalue weighted by Gasteiger charge is -2.42. The standard InChI is InChI=1S/C17H38O4Si5/c1-22(2,3)18-24(7,8)20-25(9,10)21-26(11,19-23(4,5)6)17-15-13-12-14-16-17/h12-16H,1-11H3. The molecule has 26 heavy (non-hydrogen) atoms. The fourth-order valence-corrected chi connectivity index (χ4v) is 25.7. The van der Waals surface area contributed by atoms with Crippen molar-refractivity contribution in [2.24, 2.45) is 0 Å². The van der Waals surface area contributed by atoms with Gasteiger partial charge >= 0.3 is 25.7 Å². The quantitative estimate of drug-likeness (QED) is 0.494. The summed E-state index contributed by atoms with van der Waals surface area (Å²) in [5.41, 5.74) is 0. The van der Waals surface area contributed by atoms with Gasteiger partial charge in [-0.05, 0) is 77.2 Å². The van der Waals surface area contributed by atoms with E-state index in [2.05, 4.69) is 96.3 Å². The van der Waals surface area contributed by atoms with Gasteiger partial charge in [-0.1, -0.05) is 30.3 Å². The van der Waals surface area contributed by atoms with Crippen LogP contribution in [0.15, 0.2) is 30.3 Å². The van der Waals surface area contributed by atoms with E-state index in [0.29, 0.717) is 0 Å². The van der Waals surface area contributed by atoms with Crippen LogP contribution in [0.25, 0.3) is 0 Å². The average molecular weight is 447 g/mol. The fraction of sp³-hybridized carbons (Fsp3) is 0.647. The molecule has 1 unspecified atom stereocenters. The molecule has 1 aromatic carbocycles. The van der Waals surface area contributed by atoms with Gasteiger partial charge in [0, 0.05) is 0 Å². The van der Waals surface area contributed by atoms with Gasteiger partial charge in [0.2, 0.25) is 0 Å². The maximum atomic E-state index is 6.78. The van der Waals surface area contributed by atoms with Gasteiger partial charge in [-0.3, -0.25) is 0 Å². The summed E-state index contributed by atoms with van der Waals surface area (Å²) < 4.78 is 26.4. The Morgan fingerprint density at radius 2 is 0.923 bits per heavy atom. The lowest BCUT2D eigenvalue weighted by Crippen LogP contribution is -2.63. The van der Waals surface area contributed by atoms with Crippen LogP contribution < -0.4 is 5.19 Å². The minimum absolute atomic E-state index is 1.16. The van der Waals surface area contributed by atoms with Crippen molar-refractivity contribution in [3.63, 3.8) is 0 Å². The number of hydrogen-bond acceptors (Lipinski definition) is 4. The lowest BCUT2D eigenvalue weighted by molar-refractivity contribution is 0.303. The van der Waals surface area contributed by atoms with E-state index in [9.17, 15) is 0 Å². The first-order valence-electron chi connectivity index (χ1n) is 9.29. The maximum absolute atomic E-state index is 6.78. The van der Waals surface area contributed by atoms with Crippen molar-refractivity contribution in [1.82, 2.24) is 0 Å². The highest BCUT2D eigenvalue weighted by Gasteiger charge is 2.47. The maximum Gasteiger partial charge on any atom is 0.350 e. The third-order valence-corrected chi connectivity index (χ3v) is 20.5. The van der Waals surface area contributed by atoms with Crippen molar-refractivity contribution in [2.75, 3.05) is 0 Å². The van der Waals surface area contributed by atoms with E-state index >= 15 is 0 Å². The van der Waals surface area contributed by atoms with Crippen molar-refractivity contribution in [3.8, 4) is 0 Å². The van der Waals surface area contributed by atoms with Crippen LogP contribution in [0.3, 0.4) is 0 Å². The Morgan fingerprint density at radius 3 is 1.35 bits per heavy atom. The largest absolute Gasteiger partial charge is 0.437 e. The van der Waals surface area contributed by atoms with E-state index in [0.717, 1.165) is 5.19 Å². The molecule has 0 N–H and O–H groups in total. The minimum atomic E-state index is -2.58. The monoisotopic (exact) mass is 446 g/mol. The van der Waals surface area contributed by atoms with E-state index in [1.54, 1.807) is 0 Å². The molecule has 1 atom stereocenters. The topological polar surface area (TPSA) is 36.9 Å². The van der Waals surface area contributed by atoms with E-state index in [4.69, 9.17) is 16.5 Å². The fourth-order valence-electron chi connectivity index (χ4n) is 3.30. The molecule has 0 aromatic heterocycles. The molecule has 0 bridgehead atoms. The second kappa shape index (κ2) is 8.25. The van der Waals surface area contributed by atoms with Crippen LogP contribution >= 0.6 is 0 Å². The highest BCUT2D eigenvalue weighted by Crippen LogP contribution is 2.26. The molecule has 0 saturated carbocycles. The smallest absolute Gasteiger partial charge is 0.350 e. The third-order valence-electron chi connectivity index (χ3n) is 3.28. The molecule has 1 aromatic rings. The van der Waals surface area contributed by atoms with Gasteiger partial charge in [-0.25, -0.2) is 0 Å². The second-order valence-corrected chi connectivity index (χ2v) is 29.5. The van der Waals surface area contributed by atoms with Crippen LogP contribution in [0.1, 0.15) is 0 Å². The normalized spacial score (nSPS) is 16.4. The zero-order valence-electron chi connectivity index (χ0n) is 18.5. The van der Waals surface area contributed by atoms with Crippen molar-refractivity contribution >= 4 is 47.5 Å². The zero-order chi connectivity index (χ0) is 20.4. The van der Waals surface area contributed by atoms with Crippen molar-refractivity contribution in [1.29, 1.82) is 0 Å². The molecule has 4 nitrogen and oxygen atoms in total. The molecule has 0 aliphatic heterocycles. The highest BCUT2D eigenvalue weighted by atomic mass is 28.5. The molecular weight excluding hydrogens is 409 g/mol. The summed E-state index contributed by atoms with van der Waals surface area (Å²) in [5, 5.41) is 1.16. The van der Waals surface area contributed by atoms with Crippen LogP contribution in [0, 0.1) is 0 Å². The van der Waals surface area contributed by atoms with Gasteiger partial charge in [0.25, 0.3) is 0 Å². The molecule has 0 heterocycles. The Morgan fingerprint density at radius 1 is 0.500 bits per heavy atom. The van der Waals surface area contributed by atoms with Crippen LogP contribution in [0.4, 0.5) is 0 Å². The molecule has 1 rings (SSSR count). The number of hydrogen-bond donors (Lipinski definition) is 0. The molecule has 0 fully saturated rings. The third kappa shape index (κ3) is 8.89. The summed E-state index contributed by atoms with van der Waals surface area (Å²) in [5.74, 6) is 0. The molecule has 0 spiro atoms. The van der Waals surface area contributed by atoms with Crippen LogP contribution in [-0.2, 0) is 16.5 Å². The number of benzene rings is 1. The van der Waals surface area contributed by atoms with E-state index in [1.165, 1.54) is 0 Å². The predicted octanol–water partition coefficient (Wildman–Crippen LogP) is 5.11. The SMILES string of the molecule is C[Si](C)(C)O[Si](C)(C)O[Si](C)(C)O[Si](C)(O[Si](C)(C)C)c1ccccc1. The molecule has 0 radical (unpaired) electrons. The summed E-state index contributed by atoms with van der Waals surface area (Å²) in [6.45, 7) is 23.9. The van der Waals surface area contributed by atoms with Crippen LogP contribution in [0.2, 0.25) is 72.0 Å². The molecule has 0 aliphatic carbocycles. The first-order valence-corrected chi connectivity index (χ1v) is 24.1. The number of rotatable bonds is 9. The summed E-state index contributed by atoms with van der Waals surface area (Å²) in [6.07, 6.45) is 0. The average Bonchev–Trinajstić information content (AvgIpc) is 2.31. The molecule has 0 aliphatic rings. The Bertz CT molecular complexity index is 581. The van der Waals surface area contributed by atoms with Gasteiger partial charge in [0.1, 0.15) is 0 Å².